The third-order valence-corrected chi connectivity index (χ3v) is 7.60. The van der Waals surface area contributed by atoms with E-state index in [0.29, 0.717) is 43.7 Å². The predicted octanol–water partition coefficient (Wildman–Crippen LogP) is 1.02. The highest BCUT2D eigenvalue weighted by Crippen LogP contribution is 2.18. The first-order valence-corrected chi connectivity index (χ1v) is 14.5. The highest BCUT2D eigenvalue weighted by atomic mass is 16.5. The number of morpholine rings is 1. The van der Waals surface area contributed by atoms with Crippen molar-refractivity contribution >= 4 is 29.3 Å². The smallest absolute Gasteiger partial charge is 0.254 e. The van der Waals surface area contributed by atoms with E-state index in [-0.39, 0.29) is 24.9 Å². The van der Waals surface area contributed by atoms with Gasteiger partial charge in [0, 0.05) is 49.0 Å². The summed E-state index contributed by atoms with van der Waals surface area (Å²) < 4.78 is 5.42. The molecule has 4 N–H and O–H groups in total. The lowest BCUT2D eigenvalue weighted by Crippen LogP contribution is -2.56. The summed E-state index contributed by atoms with van der Waals surface area (Å²) in [6.07, 6.45) is 0.103. The molecule has 0 radical (unpaired) electrons. The van der Waals surface area contributed by atoms with Gasteiger partial charge in [0.2, 0.25) is 11.8 Å². The van der Waals surface area contributed by atoms with E-state index in [1.54, 1.807) is 31.2 Å². The minimum Gasteiger partial charge on any atom is -0.391 e. The molecule has 4 rings (SSSR count). The first-order chi connectivity index (χ1) is 20.1. The van der Waals surface area contributed by atoms with E-state index in [4.69, 9.17) is 4.74 Å². The lowest BCUT2D eigenvalue weighted by Gasteiger charge is -2.29. The molecule has 0 unspecified atom stereocenters. The number of fused-ring (bicyclic) bond motifs is 2. The lowest BCUT2D eigenvalue weighted by molar-refractivity contribution is -0.126. The normalized spacial score (nSPS) is 22.0. The molecular weight excluding hydrogens is 538 g/mol. The largest absolute Gasteiger partial charge is 0.391 e. The van der Waals surface area contributed by atoms with Gasteiger partial charge >= 0.3 is 0 Å². The zero-order chi connectivity index (χ0) is 30.2. The minimum absolute atomic E-state index is 0.0453. The molecule has 2 aliphatic rings. The summed E-state index contributed by atoms with van der Waals surface area (Å²) in [5.74, 6) is -1.71. The molecule has 42 heavy (non-hydrogen) atoms. The summed E-state index contributed by atoms with van der Waals surface area (Å²) in [6.45, 7) is 8.20. The topological polar surface area (TPSA) is 140 Å². The quantitative estimate of drug-likeness (QED) is 0.426. The number of carbonyl (C=O) groups is 4. The summed E-state index contributed by atoms with van der Waals surface area (Å²) >= 11 is 0. The number of rotatable bonds is 3. The molecule has 1 saturated heterocycles. The molecule has 4 amide bonds. The van der Waals surface area contributed by atoms with Crippen molar-refractivity contribution in [2.75, 3.05) is 50.8 Å². The SMILES string of the molecule is Cc1ccc2cc1CCCNC(=O)CN(C(=O)c1ccc(N3CCOCC3)cc1)C[C@@H](C)NC(=O)[C@H]([C@@H](C)O)NC2=O. The monoisotopic (exact) mass is 579 g/mol. The standard InChI is InChI=1S/C31H41N5O6/c1-20-6-7-25-17-24(20)5-4-12-32-27(38)19-36(18-21(2)33-30(40)28(22(3)37)34-29(25)39)31(41)23-8-10-26(11-9-23)35-13-15-42-16-14-35/h6-11,17,21-22,28,37H,4-5,12-16,18-19H2,1-3H3,(H,32,38)(H,33,40)(H,34,39)/t21-,22-,28+/m1/s1. The van der Waals surface area contributed by atoms with E-state index in [1.165, 1.54) is 11.8 Å². The average Bonchev–Trinajstić information content (AvgIpc) is 2.98. The fraction of sp³-hybridized carbons (Fsp3) is 0.484. The van der Waals surface area contributed by atoms with Crippen LogP contribution in [0.2, 0.25) is 0 Å². The molecule has 2 aromatic rings. The molecule has 2 aromatic carbocycles. The van der Waals surface area contributed by atoms with E-state index in [0.717, 1.165) is 29.9 Å². The van der Waals surface area contributed by atoms with E-state index >= 15 is 0 Å². The molecule has 1 fully saturated rings. The number of anilines is 1. The molecule has 2 aliphatic heterocycles. The number of ether oxygens (including phenoxy) is 1. The Kier molecular flexibility index (Phi) is 10.5. The van der Waals surface area contributed by atoms with Crippen molar-refractivity contribution in [2.24, 2.45) is 0 Å². The summed E-state index contributed by atoms with van der Waals surface area (Å²) in [6, 6.07) is 10.8. The summed E-state index contributed by atoms with van der Waals surface area (Å²) in [5, 5.41) is 18.7. The van der Waals surface area contributed by atoms with Gasteiger partial charge in [-0.1, -0.05) is 6.07 Å². The van der Waals surface area contributed by atoms with E-state index in [2.05, 4.69) is 20.9 Å². The van der Waals surface area contributed by atoms with Crippen molar-refractivity contribution < 1.29 is 29.0 Å². The van der Waals surface area contributed by atoms with Crippen molar-refractivity contribution in [3.05, 3.63) is 64.7 Å². The van der Waals surface area contributed by atoms with Crippen LogP contribution in [-0.4, -0.2) is 97.8 Å². The molecule has 2 heterocycles. The number of aliphatic hydroxyl groups is 1. The van der Waals surface area contributed by atoms with Crippen LogP contribution in [0, 0.1) is 6.92 Å². The molecular formula is C31H41N5O6. The Hall–Kier alpha value is -3.96. The number of aryl methyl sites for hydroxylation is 2. The van der Waals surface area contributed by atoms with Gasteiger partial charge in [0.05, 0.1) is 25.9 Å². The van der Waals surface area contributed by atoms with Gasteiger partial charge < -0.3 is 35.6 Å². The molecule has 11 heteroatoms. The minimum atomic E-state index is -1.21. The molecule has 0 saturated carbocycles. The number of carbonyl (C=O) groups excluding carboxylic acids is 4. The van der Waals surface area contributed by atoms with Crippen molar-refractivity contribution in [3.8, 4) is 0 Å². The van der Waals surface area contributed by atoms with Crippen LogP contribution in [-0.2, 0) is 20.7 Å². The van der Waals surface area contributed by atoms with Gasteiger partial charge in [0.15, 0.2) is 0 Å². The number of nitrogens with zero attached hydrogens (tertiary/aromatic N) is 2. The Morgan fingerprint density at radius 2 is 1.76 bits per heavy atom. The van der Waals surface area contributed by atoms with Crippen LogP contribution in [0.1, 0.15) is 52.1 Å². The second-order valence-corrected chi connectivity index (χ2v) is 11.0. The number of nitrogens with one attached hydrogen (secondary N) is 3. The Labute approximate surface area is 246 Å². The van der Waals surface area contributed by atoms with Gasteiger partial charge in [-0.15, -0.1) is 0 Å². The number of benzene rings is 2. The first kappa shape index (κ1) is 31.0. The van der Waals surface area contributed by atoms with Gasteiger partial charge in [-0.3, -0.25) is 19.2 Å². The van der Waals surface area contributed by atoms with Crippen molar-refractivity contribution in [1.29, 1.82) is 0 Å². The zero-order valence-electron chi connectivity index (χ0n) is 24.5. The molecule has 3 atom stereocenters. The Balaban J connectivity index is 1.54. The predicted molar refractivity (Wildman–Crippen MR) is 158 cm³/mol. The van der Waals surface area contributed by atoms with Crippen LogP contribution >= 0.6 is 0 Å². The molecule has 0 spiro atoms. The summed E-state index contributed by atoms with van der Waals surface area (Å²) in [4.78, 5) is 56.3. The third kappa shape index (κ3) is 8.07. The average molecular weight is 580 g/mol. The Bertz CT molecular complexity index is 1280. The molecule has 0 aliphatic carbocycles. The van der Waals surface area contributed by atoms with Crippen LogP contribution in [0.25, 0.3) is 0 Å². The third-order valence-electron chi connectivity index (χ3n) is 7.60. The maximum atomic E-state index is 13.6. The molecule has 2 bridgehead atoms. The number of hydrogen-bond acceptors (Lipinski definition) is 7. The molecule has 0 aromatic heterocycles. The number of aliphatic hydroxyl groups excluding tert-OH is 1. The fourth-order valence-electron chi connectivity index (χ4n) is 5.19. The van der Waals surface area contributed by atoms with Gasteiger partial charge in [-0.05, 0) is 81.1 Å². The van der Waals surface area contributed by atoms with Crippen molar-refractivity contribution in [1.82, 2.24) is 20.9 Å². The number of hydrogen-bond donors (Lipinski definition) is 4. The Morgan fingerprint density at radius 3 is 2.45 bits per heavy atom. The summed E-state index contributed by atoms with van der Waals surface area (Å²) in [5.41, 5.74) is 3.75. The highest BCUT2D eigenvalue weighted by Gasteiger charge is 2.29. The second-order valence-electron chi connectivity index (χ2n) is 11.0. The van der Waals surface area contributed by atoms with Crippen molar-refractivity contribution in [3.63, 3.8) is 0 Å². The Morgan fingerprint density at radius 1 is 1.05 bits per heavy atom. The maximum Gasteiger partial charge on any atom is 0.254 e. The van der Waals surface area contributed by atoms with Gasteiger partial charge in [-0.25, -0.2) is 0 Å². The maximum absolute atomic E-state index is 13.6. The number of amides is 4. The van der Waals surface area contributed by atoms with Crippen LogP contribution in [0.5, 0.6) is 0 Å². The van der Waals surface area contributed by atoms with Gasteiger partial charge in [0.25, 0.3) is 11.8 Å². The van der Waals surface area contributed by atoms with E-state index in [1.807, 2.05) is 25.1 Å². The van der Waals surface area contributed by atoms with E-state index in [9.17, 15) is 24.3 Å². The zero-order valence-corrected chi connectivity index (χ0v) is 24.5. The second kappa shape index (κ2) is 14.3. The van der Waals surface area contributed by atoms with E-state index < -0.39 is 30.0 Å². The highest BCUT2D eigenvalue weighted by molar-refractivity contribution is 5.98. The molecule has 11 nitrogen and oxygen atoms in total. The fourth-order valence-corrected chi connectivity index (χ4v) is 5.19. The van der Waals surface area contributed by atoms with Crippen LogP contribution in [0.4, 0.5) is 5.69 Å². The lowest BCUT2D eigenvalue weighted by atomic mass is 10.00. The van der Waals surface area contributed by atoms with Gasteiger partial charge in [0.1, 0.15) is 6.04 Å². The van der Waals surface area contributed by atoms with Crippen LogP contribution in [0.15, 0.2) is 42.5 Å². The van der Waals surface area contributed by atoms with Crippen LogP contribution in [0.3, 0.4) is 0 Å². The molecule has 226 valence electrons. The van der Waals surface area contributed by atoms with Crippen molar-refractivity contribution in [2.45, 2.75) is 51.8 Å². The van der Waals surface area contributed by atoms with Crippen LogP contribution < -0.4 is 20.9 Å². The van der Waals surface area contributed by atoms with Gasteiger partial charge in [-0.2, -0.15) is 0 Å². The first-order valence-electron chi connectivity index (χ1n) is 14.5. The summed E-state index contributed by atoms with van der Waals surface area (Å²) in [7, 11) is 0.